The van der Waals surface area contributed by atoms with Crippen molar-refractivity contribution in [1.29, 1.82) is 0 Å². The highest BCUT2D eigenvalue weighted by atomic mass is 16.5. The van der Waals surface area contributed by atoms with E-state index in [0.29, 0.717) is 6.42 Å². The molecule has 1 aromatic rings. The van der Waals surface area contributed by atoms with Gasteiger partial charge in [-0.05, 0) is 17.7 Å². The zero-order valence-corrected chi connectivity index (χ0v) is 7.49. The molecule has 0 heterocycles. The van der Waals surface area contributed by atoms with Crippen molar-refractivity contribution in [2.75, 3.05) is 7.11 Å². The van der Waals surface area contributed by atoms with Gasteiger partial charge in [0.15, 0.2) is 0 Å². The van der Waals surface area contributed by atoms with Crippen LogP contribution in [0.15, 0.2) is 30.3 Å². The number of carbonyl (C=O) groups excluding carboxylic acids is 1. The summed E-state index contributed by atoms with van der Waals surface area (Å²) in [5.41, 5.74) is 1.02. The zero-order valence-electron chi connectivity index (χ0n) is 7.49. The molecule has 0 aliphatic rings. The van der Waals surface area contributed by atoms with Crippen molar-refractivity contribution in [3.8, 4) is 5.75 Å². The second-order valence-electron chi connectivity index (χ2n) is 2.53. The molecular formula is C11H11O2. The molecule has 0 N–H and O–H groups in total. The molecule has 0 atom stereocenters. The Kier molecular flexibility index (Phi) is 3.76. The predicted octanol–water partition coefficient (Wildman–Crippen LogP) is 2.21. The highest BCUT2D eigenvalue weighted by Gasteiger charge is 1.90. The van der Waals surface area contributed by atoms with E-state index in [2.05, 4.69) is 0 Å². The second kappa shape index (κ2) is 5.14. The lowest BCUT2D eigenvalue weighted by atomic mass is 10.2. The van der Waals surface area contributed by atoms with Crippen LogP contribution in [0, 0.1) is 0 Å². The first-order valence-electron chi connectivity index (χ1n) is 4.02. The van der Waals surface area contributed by atoms with Gasteiger partial charge < -0.3 is 4.74 Å². The molecule has 2 heteroatoms. The number of hydrogen-bond acceptors (Lipinski definition) is 2. The van der Waals surface area contributed by atoms with Crippen molar-refractivity contribution in [2.45, 2.75) is 6.42 Å². The highest BCUT2D eigenvalue weighted by Crippen LogP contribution is 2.13. The minimum atomic E-state index is 0.331. The van der Waals surface area contributed by atoms with E-state index in [4.69, 9.17) is 4.74 Å². The number of methoxy groups -OCH3 is 1. The van der Waals surface area contributed by atoms with Crippen LogP contribution in [0.25, 0.3) is 6.08 Å². The molecule has 0 aliphatic carbocycles. The molecule has 0 aromatic heterocycles. The van der Waals surface area contributed by atoms with E-state index in [-0.39, 0.29) is 0 Å². The van der Waals surface area contributed by atoms with Gasteiger partial charge in [0, 0.05) is 6.42 Å². The third-order valence-corrected chi connectivity index (χ3v) is 1.61. The van der Waals surface area contributed by atoms with Crippen LogP contribution in [0.2, 0.25) is 0 Å². The van der Waals surface area contributed by atoms with Crippen LogP contribution in [0.1, 0.15) is 12.0 Å². The fourth-order valence-corrected chi connectivity index (χ4v) is 0.988. The monoisotopic (exact) mass is 175 g/mol. The smallest absolute Gasteiger partial charge is 0.202 e. The predicted molar refractivity (Wildman–Crippen MR) is 52.3 cm³/mol. The summed E-state index contributed by atoms with van der Waals surface area (Å²) in [7, 11) is 1.63. The summed E-state index contributed by atoms with van der Waals surface area (Å²) >= 11 is 0. The zero-order chi connectivity index (χ0) is 9.52. The maximum atomic E-state index is 9.92. The number of hydrogen-bond donors (Lipinski definition) is 0. The normalized spacial score (nSPS) is 10.2. The third kappa shape index (κ3) is 3.11. The van der Waals surface area contributed by atoms with Crippen LogP contribution in [0.4, 0.5) is 0 Å². The molecule has 0 spiro atoms. The summed E-state index contributed by atoms with van der Waals surface area (Å²) in [4.78, 5) is 9.92. The van der Waals surface area contributed by atoms with Gasteiger partial charge in [-0.25, -0.2) is 0 Å². The molecule has 0 amide bonds. The van der Waals surface area contributed by atoms with Crippen LogP contribution in [0.5, 0.6) is 5.75 Å². The fraction of sp³-hybridized carbons (Fsp3) is 0.182. The van der Waals surface area contributed by atoms with Crippen molar-refractivity contribution >= 4 is 12.4 Å². The van der Waals surface area contributed by atoms with Crippen molar-refractivity contribution < 1.29 is 9.53 Å². The summed E-state index contributed by atoms with van der Waals surface area (Å²) in [6.45, 7) is 0. The van der Waals surface area contributed by atoms with Crippen molar-refractivity contribution in [3.63, 3.8) is 0 Å². The van der Waals surface area contributed by atoms with Gasteiger partial charge in [-0.15, -0.1) is 0 Å². The molecule has 0 aliphatic heterocycles. The largest absolute Gasteiger partial charge is 0.497 e. The van der Waals surface area contributed by atoms with Gasteiger partial charge in [-0.1, -0.05) is 24.3 Å². The standard InChI is InChI=1S/C11H11O2/c1-13-11-7-4-6-10(9-11)5-2-3-8-12/h2,4-7,9H,3H2,1H3/b5-2+. The van der Waals surface area contributed by atoms with Gasteiger partial charge in [-0.3, -0.25) is 4.79 Å². The lowest BCUT2D eigenvalue weighted by Crippen LogP contribution is -1.82. The Hall–Kier alpha value is -1.57. The molecule has 1 aromatic carbocycles. The van der Waals surface area contributed by atoms with Gasteiger partial charge in [0.1, 0.15) is 5.75 Å². The minimum absolute atomic E-state index is 0.331. The highest BCUT2D eigenvalue weighted by molar-refractivity contribution is 5.59. The van der Waals surface area contributed by atoms with E-state index in [0.717, 1.165) is 11.3 Å². The van der Waals surface area contributed by atoms with E-state index in [1.54, 1.807) is 19.5 Å². The number of allylic oxidation sites excluding steroid dienone is 1. The molecule has 0 fully saturated rings. The fourth-order valence-electron chi connectivity index (χ4n) is 0.988. The topological polar surface area (TPSA) is 26.3 Å². The maximum Gasteiger partial charge on any atom is 0.202 e. The minimum Gasteiger partial charge on any atom is -0.497 e. The maximum absolute atomic E-state index is 9.92. The quantitative estimate of drug-likeness (QED) is 0.701. The third-order valence-electron chi connectivity index (χ3n) is 1.61. The van der Waals surface area contributed by atoms with E-state index >= 15 is 0 Å². The lowest BCUT2D eigenvalue weighted by Gasteiger charge is -1.99. The summed E-state index contributed by atoms with van der Waals surface area (Å²) in [6.07, 6.45) is 5.76. The summed E-state index contributed by atoms with van der Waals surface area (Å²) < 4.78 is 5.05. The number of ether oxygens (including phenoxy) is 1. The van der Waals surface area contributed by atoms with Crippen LogP contribution in [-0.2, 0) is 4.79 Å². The van der Waals surface area contributed by atoms with Gasteiger partial charge in [0.2, 0.25) is 6.29 Å². The Morgan fingerprint density at radius 3 is 3.08 bits per heavy atom. The average molecular weight is 175 g/mol. The molecule has 1 radical (unpaired) electrons. The van der Waals surface area contributed by atoms with Gasteiger partial charge in [-0.2, -0.15) is 0 Å². The Morgan fingerprint density at radius 2 is 2.38 bits per heavy atom. The second-order valence-corrected chi connectivity index (χ2v) is 2.53. The summed E-state index contributed by atoms with van der Waals surface area (Å²) in [5, 5.41) is 0. The molecule has 1 rings (SSSR count). The van der Waals surface area contributed by atoms with E-state index in [1.165, 1.54) is 0 Å². The Balaban J connectivity index is 2.71. The van der Waals surface area contributed by atoms with E-state index in [1.807, 2.05) is 30.3 Å². The number of benzene rings is 1. The van der Waals surface area contributed by atoms with Crippen LogP contribution >= 0.6 is 0 Å². The average Bonchev–Trinajstić information content (AvgIpc) is 2.19. The van der Waals surface area contributed by atoms with E-state index < -0.39 is 0 Å². The molecular weight excluding hydrogens is 164 g/mol. The summed E-state index contributed by atoms with van der Waals surface area (Å²) in [5.74, 6) is 0.817. The molecule has 13 heavy (non-hydrogen) atoms. The molecule has 0 saturated heterocycles. The molecule has 0 bridgehead atoms. The first kappa shape index (κ1) is 9.52. The van der Waals surface area contributed by atoms with Gasteiger partial charge in [0.05, 0.1) is 7.11 Å². The Morgan fingerprint density at radius 1 is 1.54 bits per heavy atom. The van der Waals surface area contributed by atoms with Gasteiger partial charge in [0.25, 0.3) is 0 Å². The molecule has 2 nitrogen and oxygen atoms in total. The molecule has 0 unspecified atom stereocenters. The number of rotatable bonds is 4. The van der Waals surface area contributed by atoms with Gasteiger partial charge >= 0.3 is 0 Å². The van der Waals surface area contributed by atoms with Crippen LogP contribution in [0.3, 0.4) is 0 Å². The van der Waals surface area contributed by atoms with Crippen molar-refractivity contribution in [1.82, 2.24) is 0 Å². The molecule has 0 saturated carbocycles. The summed E-state index contributed by atoms with van der Waals surface area (Å²) in [6, 6.07) is 7.64. The first-order chi connectivity index (χ1) is 6.36. The lowest BCUT2D eigenvalue weighted by molar-refractivity contribution is 0.414. The Bertz CT molecular complexity index is 303. The molecule has 67 valence electrons. The van der Waals surface area contributed by atoms with Crippen LogP contribution in [-0.4, -0.2) is 13.4 Å². The van der Waals surface area contributed by atoms with Crippen molar-refractivity contribution in [2.24, 2.45) is 0 Å². The van der Waals surface area contributed by atoms with E-state index in [9.17, 15) is 4.79 Å². The van der Waals surface area contributed by atoms with Crippen LogP contribution < -0.4 is 4.74 Å². The SMILES string of the molecule is COc1cccc(/C=C/C[C]=O)c1. The Labute approximate surface area is 77.8 Å². The van der Waals surface area contributed by atoms with Crippen molar-refractivity contribution in [3.05, 3.63) is 35.9 Å². The first-order valence-corrected chi connectivity index (χ1v) is 4.02.